The zero-order chi connectivity index (χ0) is 10.2. The third-order valence-corrected chi connectivity index (χ3v) is 3.27. The van der Waals surface area contributed by atoms with E-state index in [1.165, 1.54) is 58.3 Å². The van der Waals surface area contributed by atoms with Crippen molar-refractivity contribution in [3.63, 3.8) is 0 Å². The fourth-order valence-corrected chi connectivity index (χ4v) is 2.12. The molecule has 0 radical (unpaired) electrons. The van der Waals surface area contributed by atoms with E-state index in [1.807, 2.05) is 7.05 Å². The molecule has 0 aromatic heterocycles. The SMILES string of the molecule is CNCCC(C)CCN1CCCCC1. The molecule has 0 aliphatic carbocycles. The number of nitrogens with zero attached hydrogens (tertiary/aromatic N) is 1. The second kappa shape index (κ2) is 7.24. The van der Waals surface area contributed by atoms with Crippen LogP contribution >= 0.6 is 0 Å². The molecule has 1 fully saturated rings. The van der Waals surface area contributed by atoms with Crippen molar-refractivity contribution in [1.29, 1.82) is 0 Å². The van der Waals surface area contributed by atoms with Crippen LogP contribution in [-0.2, 0) is 0 Å². The highest BCUT2D eigenvalue weighted by Crippen LogP contribution is 2.12. The molecule has 2 nitrogen and oxygen atoms in total. The summed E-state index contributed by atoms with van der Waals surface area (Å²) in [5, 5.41) is 3.22. The van der Waals surface area contributed by atoms with Crippen molar-refractivity contribution in [1.82, 2.24) is 10.2 Å². The van der Waals surface area contributed by atoms with Crippen LogP contribution in [0.25, 0.3) is 0 Å². The normalized spacial score (nSPS) is 21.0. The Bertz CT molecular complexity index is 130. The Kier molecular flexibility index (Phi) is 6.20. The molecule has 2 heteroatoms. The van der Waals surface area contributed by atoms with Crippen molar-refractivity contribution in [2.24, 2.45) is 5.92 Å². The summed E-state index contributed by atoms with van der Waals surface area (Å²) in [5.74, 6) is 0.879. The van der Waals surface area contributed by atoms with Crippen LogP contribution in [-0.4, -0.2) is 38.1 Å². The summed E-state index contributed by atoms with van der Waals surface area (Å²) in [5.41, 5.74) is 0. The summed E-state index contributed by atoms with van der Waals surface area (Å²) >= 11 is 0. The van der Waals surface area contributed by atoms with E-state index in [2.05, 4.69) is 17.1 Å². The first-order valence-electron chi connectivity index (χ1n) is 6.20. The molecule has 0 aromatic carbocycles. The summed E-state index contributed by atoms with van der Waals surface area (Å²) < 4.78 is 0. The molecule has 1 N–H and O–H groups in total. The Morgan fingerprint density at radius 1 is 1.14 bits per heavy atom. The molecule has 0 aromatic rings. The molecule has 0 saturated carbocycles. The summed E-state index contributed by atoms with van der Waals surface area (Å²) in [4.78, 5) is 2.64. The maximum Gasteiger partial charge on any atom is -0.00162 e. The van der Waals surface area contributed by atoms with Gasteiger partial charge in [0.2, 0.25) is 0 Å². The predicted molar refractivity (Wildman–Crippen MR) is 62.6 cm³/mol. The quantitative estimate of drug-likeness (QED) is 0.703. The van der Waals surface area contributed by atoms with Gasteiger partial charge in [0.05, 0.1) is 0 Å². The Balaban J connectivity index is 2.00. The fourth-order valence-electron chi connectivity index (χ4n) is 2.12. The van der Waals surface area contributed by atoms with E-state index in [1.54, 1.807) is 0 Å². The van der Waals surface area contributed by atoms with Gasteiger partial charge in [0.15, 0.2) is 0 Å². The first-order chi connectivity index (χ1) is 6.83. The lowest BCUT2D eigenvalue weighted by molar-refractivity contribution is 0.213. The number of hydrogen-bond donors (Lipinski definition) is 1. The van der Waals surface area contributed by atoms with Crippen LogP contribution < -0.4 is 5.32 Å². The van der Waals surface area contributed by atoms with Gasteiger partial charge in [-0.05, 0) is 64.8 Å². The Labute approximate surface area is 89.1 Å². The molecular weight excluding hydrogens is 172 g/mol. The van der Waals surface area contributed by atoms with Crippen LogP contribution in [0.4, 0.5) is 0 Å². The lowest BCUT2D eigenvalue weighted by atomic mass is 10.0. The molecule has 1 atom stereocenters. The number of hydrogen-bond acceptors (Lipinski definition) is 2. The molecule has 14 heavy (non-hydrogen) atoms. The van der Waals surface area contributed by atoms with Gasteiger partial charge >= 0.3 is 0 Å². The third-order valence-electron chi connectivity index (χ3n) is 3.27. The second-order valence-corrected chi connectivity index (χ2v) is 4.69. The highest BCUT2D eigenvalue weighted by atomic mass is 15.1. The van der Waals surface area contributed by atoms with Crippen LogP contribution in [0, 0.1) is 5.92 Å². The van der Waals surface area contributed by atoms with Crippen LogP contribution in [0.5, 0.6) is 0 Å². The van der Waals surface area contributed by atoms with Crippen LogP contribution in [0.2, 0.25) is 0 Å². The smallest absolute Gasteiger partial charge is 0.00162 e. The summed E-state index contributed by atoms with van der Waals surface area (Å²) in [6.07, 6.45) is 6.99. The van der Waals surface area contributed by atoms with Crippen molar-refractivity contribution in [2.45, 2.75) is 39.0 Å². The molecule has 1 aliphatic heterocycles. The number of rotatable bonds is 6. The second-order valence-electron chi connectivity index (χ2n) is 4.69. The summed E-state index contributed by atoms with van der Waals surface area (Å²) in [7, 11) is 2.04. The van der Waals surface area contributed by atoms with Gasteiger partial charge in [-0.2, -0.15) is 0 Å². The van der Waals surface area contributed by atoms with Crippen LogP contribution in [0.1, 0.15) is 39.0 Å². The zero-order valence-electron chi connectivity index (χ0n) is 9.89. The maximum atomic E-state index is 3.22. The highest BCUT2D eigenvalue weighted by molar-refractivity contribution is 4.66. The molecule has 0 amide bonds. The molecule has 1 unspecified atom stereocenters. The Morgan fingerprint density at radius 3 is 2.50 bits per heavy atom. The number of likely N-dealkylation sites (tertiary alicyclic amines) is 1. The molecule has 0 bridgehead atoms. The number of piperidine rings is 1. The van der Waals surface area contributed by atoms with E-state index in [4.69, 9.17) is 0 Å². The van der Waals surface area contributed by atoms with E-state index in [9.17, 15) is 0 Å². The minimum atomic E-state index is 0.879. The standard InChI is InChI=1S/C12H26N2/c1-12(6-8-13-2)7-11-14-9-4-3-5-10-14/h12-13H,3-11H2,1-2H3. The van der Waals surface area contributed by atoms with Gasteiger partial charge in [0.25, 0.3) is 0 Å². The van der Waals surface area contributed by atoms with E-state index in [0.29, 0.717) is 0 Å². The molecule has 0 spiro atoms. The summed E-state index contributed by atoms with van der Waals surface area (Å²) in [6, 6.07) is 0. The van der Waals surface area contributed by atoms with E-state index in [0.717, 1.165) is 5.92 Å². The third kappa shape index (κ3) is 4.97. The van der Waals surface area contributed by atoms with E-state index < -0.39 is 0 Å². The first-order valence-corrected chi connectivity index (χ1v) is 6.20. The minimum absolute atomic E-state index is 0.879. The lowest BCUT2D eigenvalue weighted by Gasteiger charge is -2.27. The molecule has 1 heterocycles. The largest absolute Gasteiger partial charge is 0.320 e. The fraction of sp³-hybridized carbons (Fsp3) is 1.00. The average Bonchev–Trinajstić information content (AvgIpc) is 2.25. The summed E-state index contributed by atoms with van der Waals surface area (Å²) in [6.45, 7) is 7.56. The van der Waals surface area contributed by atoms with E-state index in [-0.39, 0.29) is 0 Å². The minimum Gasteiger partial charge on any atom is -0.320 e. The van der Waals surface area contributed by atoms with Gasteiger partial charge in [0, 0.05) is 0 Å². The van der Waals surface area contributed by atoms with Crippen molar-refractivity contribution < 1.29 is 0 Å². The van der Waals surface area contributed by atoms with Crippen molar-refractivity contribution >= 4 is 0 Å². The Morgan fingerprint density at radius 2 is 1.86 bits per heavy atom. The molecule has 84 valence electrons. The van der Waals surface area contributed by atoms with Gasteiger partial charge in [-0.3, -0.25) is 0 Å². The Hall–Kier alpha value is -0.0800. The van der Waals surface area contributed by atoms with Gasteiger partial charge < -0.3 is 10.2 Å². The first kappa shape index (κ1) is 12.0. The van der Waals surface area contributed by atoms with Crippen LogP contribution in [0.15, 0.2) is 0 Å². The maximum absolute atomic E-state index is 3.22. The molecule has 1 saturated heterocycles. The van der Waals surface area contributed by atoms with Crippen LogP contribution in [0.3, 0.4) is 0 Å². The predicted octanol–water partition coefficient (Wildman–Crippen LogP) is 2.11. The topological polar surface area (TPSA) is 15.3 Å². The van der Waals surface area contributed by atoms with Crippen molar-refractivity contribution in [3.8, 4) is 0 Å². The molecule has 1 aliphatic rings. The van der Waals surface area contributed by atoms with Gasteiger partial charge in [-0.15, -0.1) is 0 Å². The molecule has 1 rings (SSSR count). The molecular formula is C12H26N2. The zero-order valence-corrected chi connectivity index (χ0v) is 9.89. The van der Waals surface area contributed by atoms with Crippen molar-refractivity contribution in [3.05, 3.63) is 0 Å². The average molecular weight is 198 g/mol. The highest BCUT2D eigenvalue weighted by Gasteiger charge is 2.10. The van der Waals surface area contributed by atoms with Crippen molar-refractivity contribution in [2.75, 3.05) is 33.2 Å². The van der Waals surface area contributed by atoms with Gasteiger partial charge in [-0.25, -0.2) is 0 Å². The number of nitrogens with one attached hydrogen (secondary N) is 1. The lowest BCUT2D eigenvalue weighted by Crippen LogP contribution is -2.31. The van der Waals surface area contributed by atoms with Gasteiger partial charge in [-0.1, -0.05) is 13.3 Å². The van der Waals surface area contributed by atoms with Gasteiger partial charge in [0.1, 0.15) is 0 Å². The van der Waals surface area contributed by atoms with E-state index >= 15 is 0 Å². The monoisotopic (exact) mass is 198 g/mol.